The maximum absolute atomic E-state index is 12.2. The van der Waals surface area contributed by atoms with E-state index in [1.165, 1.54) is 6.20 Å². The van der Waals surface area contributed by atoms with Gasteiger partial charge in [0.25, 0.3) is 5.91 Å². The van der Waals surface area contributed by atoms with Crippen LogP contribution < -0.4 is 11.1 Å². The molecular weight excluding hydrogens is 254 g/mol. The number of nitrogens with two attached hydrogens (primary N) is 1. The first-order valence-electron chi connectivity index (χ1n) is 6.15. The fourth-order valence-corrected chi connectivity index (χ4v) is 1.93. The topological polar surface area (TPSA) is 85.3 Å². The molecule has 2 heterocycles. The van der Waals surface area contributed by atoms with Gasteiger partial charge in [0, 0.05) is 24.6 Å². The van der Waals surface area contributed by atoms with Gasteiger partial charge in [-0.15, -0.1) is 0 Å². The van der Waals surface area contributed by atoms with E-state index < -0.39 is 0 Å². The highest BCUT2D eigenvalue weighted by molar-refractivity contribution is 6.08. The number of hydrogen-bond acceptors (Lipinski definition) is 4. The highest BCUT2D eigenvalue weighted by Crippen LogP contribution is 2.14. The first-order valence-corrected chi connectivity index (χ1v) is 6.15. The Bertz CT molecular complexity index is 748. The molecule has 3 N–H and O–H groups in total. The Hall–Kier alpha value is -2.73. The third-order valence-electron chi connectivity index (χ3n) is 3.02. The van der Waals surface area contributed by atoms with E-state index in [1.807, 2.05) is 24.3 Å². The average Bonchev–Trinajstić information content (AvgIpc) is 2.92. The van der Waals surface area contributed by atoms with Crippen molar-refractivity contribution in [2.45, 2.75) is 6.54 Å². The predicted octanol–water partition coefficient (Wildman–Crippen LogP) is 1.44. The quantitative estimate of drug-likeness (QED) is 0.752. The molecular formula is C14H13N5O. The van der Waals surface area contributed by atoms with Crippen LogP contribution in [0, 0.1) is 0 Å². The Morgan fingerprint density at radius 3 is 2.80 bits per heavy atom. The molecule has 0 unspecified atom stereocenters. The second kappa shape index (κ2) is 5.10. The van der Waals surface area contributed by atoms with Crippen molar-refractivity contribution < 1.29 is 4.79 Å². The van der Waals surface area contributed by atoms with Gasteiger partial charge in [-0.3, -0.25) is 9.78 Å². The van der Waals surface area contributed by atoms with Gasteiger partial charge in [-0.1, -0.05) is 12.1 Å². The van der Waals surface area contributed by atoms with Crippen LogP contribution in [0.5, 0.6) is 0 Å². The smallest absolute Gasteiger partial charge is 0.259 e. The van der Waals surface area contributed by atoms with E-state index in [0.717, 1.165) is 11.3 Å². The van der Waals surface area contributed by atoms with Gasteiger partial charge in [0.2, 0.25) is 0 Å². The maximum Gasteiger partial charge on any atom is 0.259 e. The molecule has 6 heteroatoms. The summed E-state index contributed by atoms with van der Waals surface area (Å²) in [6, 6.07) is 7.41. The minimum absolute atomic E-state index is 0.214. The van der Waals surface area contributed by atoms with Crippen molar-refractivity contribution in [3.63, 3.8) is 0 Å². The molecule has 0 spiro atoms. The summed E-state index contributed by atoms with van der Waals surface area (Å²) < 4.78 is 1.61. The van der Waals surface area contributed by atoms with E-state index >= 15 is 0 Å². The zero-order chi connectivity index (χ0) is 13.9. The molecule has 0 saturated heterocycles. The number of hydrogen-bond donors (Lipinski definition) is 2. The predicted molar refractivity (Wildman–Crippen MR) is 75.3 cm³/mol. The Labute approximate surface area is 115 Å². The van der Waals surface area contributed by atoms with Crippen LogP contribution in [0.2, 0.25) is 0 Å². The van der Waals surface area contributed by atoms with E-state index in [0.29, 0.717) is 17.6 Å². The van der Waals surface area contributed by atoms with Crippen LogP contribution in [0.15, 0.2) is 49.1 Å². The van der Waals surface area contributed by atoms with Gasteiger partial charge in [0.15, 0.2) is 0 Å². The largest absolute Gasteiger partial charge is 0.326 e. The minimum atomic E-state index is -0.214. The van der Waals surface area contributed by atoms with Crippen LogP contribution >= 0.6 is 0 Å². The van der Waals surface area contributed by atoms with Crippen LogP contribution in [-0.4, -0.2) is 20.5 Å². The average molecular weight is 267 g/mol. The van der Waals surface area contributed by atoms with E-state index in [2.05, 4.69) is 15.4 Å². The first kappa shape index (κ1) is 12.3. The van der Waals surface area contributed by atoms with Crippen LogP contribution in [0.4, 0.5) is 5.69 Å². The molecule has 0 atom stereocenters. The highest BCUT2D eigenvalue weighted by Gasteiger charge is 2.12. The molecule has 20 heavy (non-hydrogen) atoms. The molecule has 0 radical (unpaired) electrons. The fourth-order valence-electron chi connectivity index (χ4n) is 1.93. The molecule has 3 rings (SSSR count). The van der Waals surface area contributed by atoms with Crippen LogP contribution in [0.3, 0.4) is 0 Å². The molecule has 6 nitrogen and oxygen atoms in total. The van der Waals surface area contributed by atoms with Gasteiger partial charge in [-0.25, -0.2) is 4.52 Å². The molecule has 0 aliphatic carbocycles. The van der Waals surface area contributed by atoms with Crippen molar-refractivity contribution >= 4 is 17.1 Å². The summed E-state index contributed by atoms with van der Waals surface area (Å²) in [7, 11) is 0. The van der Waals surface area contributed by atoms with E-state index in [9.17, 15) is 4.79 Å². The summed E-state index contributed by atoms with van der Waals surface area (Å²) in [5.41, 5.74) is 8.43. The van der Waals surface area contributed by atoms with E-state index in [1.54, 1.807) is 23.1 Å². The lowest BCUT2D eigenvalue weighted by Gasteiger charge is -2.05. The van der Waals surface area contributed by atoms with Gasteiger partial charge >= 0.3 is 0 Å². The fraction of sp³-hybridized carbons (Fsp3) is 0.0714. The SMILES string of the molecule is NCc1ccc(NC(=O)c2cnn3ccncc23)cc1. The Kier molecular flexibility index (Phi) is 3.14. The van der Waals surface area contributed by atoms with Crippen molar-refractivity contribution in [3.8, 4) is 0 Å². The van der Waals surface area contributed by atoms with Crippen LogP contribution in [0.25, 0.3) is 5.52 Å². The minimum Gasteiger partial charge on any atom is -0.326 e. The molecule has 1 aromatic carbocycles. The molecule has 0 bridgehead atoms. The molecule has 0 fully saturated rings. The van der Waals surface area contributed by atoms with Crippen molar-refractivity contribution in [2.24, 2.45) is 5.73 Å². The van der Waals surface area contributed by atoms with Gasteiger partial charge in [-0.2, -0.15) is 5.10 Å². The summed E-state index contributed by atoms with van der Waals surface area (Å²) in [5, 5.41) is 6.93. The Balaban J connectivity index is 1.85. The normalized spacial score (nSPS) is 10.7. The third-order valence-corrected chi connectivity index (χ3v) is 3.02. The zero-order valence-electron chi connectivity index (χ0n) is 10.7. The monoisotopic (exact) mass is 267 g/mol. The summed E-state index contributed by atoms with van der Waals surface area (Å²) >= 11 is 0. The molecule has 0 aliphatic heterocycles. The molecule has 1 amide bonds. The Morgan fingerprint density at radius 2 is 2.05 bits per heavy atom. The van der Waals surface area contributed by atoms with Crippen LogP contribution in [-0.2, 0) is 6.54 Å². The Morgan fingerprint density at radius 1 is 1.25 bits per heavy atom. The van der Waals surface area contributed by atoms with Crippen molar-refractivity contribution in [3.05, 3.63) is 60.2 Å². The van der Waals surface area contributed by atoms with E-state index in [-0.39, 0.29) is 5.91 Å². The second-order valence-electron chi connectivity index (χ2n) is 4.32. The number of fused-ring (bicyclic) bond motifs is 1. The lowest BCUT2D eigenvalue weighted by molar-refractivity contribution is 0.102. The van der Waals surface area contributed by atoms with Crippen molar-refractivity contribution in [2.75, 3.05) is 5.32 Å². The van der Waals surface area contributed by atoms with Gasteiger partial charge in [0.1, 0.15) is 0 Å². The van der Waals surface area contributed by atoms with E-state index in [4.69, 9.17) is 5.73 Å². The summed E-state index contributed by atoms with van der Waals surface area (Å²) in [4.78, 5) is 16.2. The molecule has 100 valence electrons. The number of nitrogens with zero attached hydrogens (tertiary/aromatic N) is 3. The lowest BCUT2D eigenvalue weighted by atomic mass is 10.2. The number of amides is 1. The summed E-state index contributed by atoms with van der Waals surface area (Å²) in [6.07, 6.45) is 6.45. The van der Waals surface area contributed by atoms with Crippen molar-refractivity contribution in [1.82, 2.24) is 14.6 Å². The first-order chi connectivity index (χ1) is 9.78. The van der Waals surface area contributed by atoms with Gasteiger partial charge in [0.05, 0.1) is 23.5 Å². The number of nitrogens with one attached hydrogen (secondary N) is 1. The zero-order valence-corrected chi connectivity index (χ0v) is 10.7. The molecule has 0 saturated carbocycles. The number of carbonyl (C=O) groups is 1. The van der Waals surface area contributed by atoms with Gasteiger partial charge < -0.3 is 11.1 Å². The maximum atomic E-state index is 12.2. The number of benzene rings is 1. The molecule has 2 aromatic heterocycles. The van der Waals surface area contributed by atoms with Gasteiger partial charge in [-0.05, 0) is 17.7 Å². The molecule has 3 aromatic rings. The third kappa shape index (κ3) is 2.24. The number of carbonyl (C=O) groups excluding carboxylic acids is 1. The number of aromatic nitrogens is 3. The standard InChI is InChI=1S/C14H13N5O/c15-7-10-1-3-11(4-2-10)18-14(20)12-8-17-19-6-5-16-9-13(12)19/h1-6,8-9H,7,15H2,(H,18,20). The lowest BCUT2D eigenvalue weighted by Crippen LogP contribution is -2.11. The summed E-state index contributed by atoms with van der Waals surface area (Å²) in [5.74, 6) is -0.214. The number of rotatable bonds is 3. The highest BCUT2D eigenvalue weighted by atomic mass is 16.1. The summed E-state index contributed by atoms with van der Waals surface area (Å²) in [6.45, 7) is 0.480. The van der Waals surface area contributed by atoms with Crippen molar-refractivity contribution in [1.29, 1.82) is 0 Å². The molecule has 0 aliphatic rings. The number of anilines is 1. The second-order valence-corrected chi connectivity index (χ2v) is 4.32. The van der Waals surface area contributed by atoms with Crippen LogP contribution in [0.1, 0.15) is 15.9 Å².